The number of halogens is 1. The number of benzene rings is 1. The van der Waals surface area contributed by atoms with Crippen LogP contribution in [0.4, 0.5) is 0 Å². The van der Waals surface area contributed by atoms with Gasteiger partial charge in [0.25, 0.3) is 0 Å². The quantitative estimate of drug-likeness (QED) is 0.872. The van der Waals surface area contributed by atoms with Crippen LogP contribution in [-0.2, 0) is 9.84 Å². The van der Waals surface area contributed by atoms with Crippen LogP contribution in [0.25, 0.3) is 0 Å². The predicted octanol–water partition coefficient (Wildman–Crippen LogP) is 3.54. The zero-order valence-electron chi connectivity index (χ0n) is 13.0. The van der Waals surface area contributed by atoms with E-state index >= 15 is 0 Å². The van der Waals surface area contributed by atoms with Gasteiger partial charge in [0.2, 0.25) is 0 Å². The molecule has 0 heterocycles. The number of rotatable bonds is 5. The molecule has 0 radical (unpaired) electrons. The first-order chi connectivity index (χ1) is 9.02. The summed E-state index contributed by atoms with van der Waals surface area (Å²) in [5, 5.41) is 3.34. The minimum Gasteiger partial charge on any atom is -0.309 e. The van der Waals surface area contributed by atoms with Crippen LogP contribution in [0.5, 0.6) is 0 Å². The molecule has 1 atom stereocenters. The molecule has 0 aliphatic carbocycles. The number of hydrogen-bond acceptors (Lipinski definition) is 3. The molecule has 0 spiro atoms. The second-order valence-electron chi connectivity index (χ2n) is 5.82. The first-order valence-corrected chi connectivity index (χ1v) is 9.40. The normalized spacial score (nSPS) is 14.3. The molecule has 0 amide bonds. The van der Waals surface area contributed by atoms with Crippen molar-refractivity contribution in [3.05, 3.63) is 33.3 Å². The van der Waals surface area contributed by atoms with Crippen LogP contribution < -0.4 is 5.32 Å². The highest BCUT2D eigenvalue weighted by atomic mass is 79.9. The van der Waals surface area contributed by atoms with Gasteiger partial charge < -0.3 is 5.32 Å². The molecule has 1 N–H and O–H groups in total. The van der Waals surface area contributed by atoms with E-state index in [1.165, 1.54) is 6.26 Å². The molecule has 0 saturated heterocycles. The van der Waals surface area contributed by atoms with Crippen molar-refractivity contribution in [2.75, 3.05) is 12.8 Å². The highest BCUT2D eigenvalue weighted by Gasteiger charge is 2.40. The van der Waals surface area contributed by atoms with E-state index < -0.39 is 14.6 Å². The lowest BCUT2D eigenvalue weighted by Gasteiger charge is -2.35. The Morgan fingerprint density at radius 3 is 2.25 bits per heavy atom. The minimum absolute atomic E-state index is 0.228. The standard InChI is InChI=1S/C15H24BrNO2S/c1-7-17-14(15(4,5)20(6,18)19)12-8-11(3)13(16)9-10(12)2/h8-9,14,17H,7H2,1-6H3. The van der Waals surface area contributed by atoms with Crippen LogP contribution in [0, 0.1) is 13.8 Å². The highest BCUT2D eigenvalue weighted by Crippen LogP contribution is 2.35. The van der Waals surface area contributed by atoms with E-state index in [1.807, 2.05) is 26.8 Å². The zero-order chi connectivity index (χ0) is 15.7. The topological polar surface area (TPSA) is 46.2 Å². The summed E-state index contributed by atoms with van der Waals surface area (Å²) >= 11 is 3.52. The maximum atomic E-state index is 12.2. The monoisotopic (exact) mass is 361 g/mol. The maximum absolute atomic E-state index is 12.2. The Hall–Kier alpha value is -0.390. The fourth-order valence-electron chi connectivity index (χ4n) is 2.26. The number of aryl methyl sites for hydroxylation is 2. The fraction of sp³-hybridized carbons (Fsp3) is 0.600. The van der Waals surface area contributed by atoms with E-state index in [0.717, 1.165) is 27.7 Å². The molecule has 3 nitrogen and oxygen atoms in total. The molecule has 0 aromatic heterocycles. The summed E-state index contributed by atoms with van der Waals surface area (Å²) in [6, 6.07) is 3.89. The lowest BCUT2D eigenvalue weighted by molar-refractivity contribution is 0.426. The Morgan fingerprint density at radius 1 is 1.25 bits per heavy atom. The van der Waals surface area contributed by atoms with Crippen molar-refractivity contribution >= 4 is 25.8 Å². The Labute approximate surface area is 131 Å². The lowest BCUT2D eigenvalue weighted by atomic mass is 9.90. The van der Waals surface area contributed by atoms with E-state index in [4.69, 9.17) is 0 Å². The molecule has 1 aromatic carbocycles. The van der Waals surface area contributed by atoms with Gasteiger partial charge >= 0.3 is 0 Å². The maximum Gasteiger partial charge on any atom is 0.154 e. The second-order valence-corrected chi connectivity index (χ2v) is 9.28. The summed E-state index contributed by atoms with van der Waals surface area (Å²) in [6.07, 6.45) is 1.30. The van der Waals surface area contributed by atoms with E-state index in [-0.39, 0.29) is 6.04 Å². The van der Waals surface area contributed by atoms with Gasteiger partial charge in [0.15, 0.2) is 9.84 Å². The van der Waals surface area contributed by atoms with Gasteiger partial charge in [-0.05, 0) is 57.0 Å². The Morgan fingerprint density at radius 2 is 1.80 bits per heavy atom. The molecule has 5 heteroatoms. The van der Waals surface area contributed by atoms with E-state index in [2.05, 4.69) is 27.3 Å². The van der Waals surface area contributed by atoms with Gasteiger partial charge in [-0.1, -0.05) is 28.9 Å². The molecule has 0 aliphatic rings. The number of nitrogens with one attached hydrogen (secondary N) is 1. The summed E-state index contributed by atoms with van der Waals surface area (Å²) in [6.45, 7) is 10.3. The van der Waals surface area contributed by atoms with Crippen LogP contribution in [0.15, 0.2) is 16.6 Å². The average Bonchev–Trinajstić information content (AvgIpc) is 2.29. The van der Waals surface area contributed by atoms with E-state index in [9.17, 15) is 8.42 Å². The Kier molecular flexibility index (Phi) is 5.44. The third-order valence-electron chi connectivity index (χ3n) is 3.92. The summed E-state index contributed by atoms with van der Waals surface area (Å²) in [7, 11) is -3.19. The first kappa shape index (κ1) is 17.7. The molecule has 0 aliphatic heterocycles. The predicted molar refractivity (Wildman–Crippen MR) is 89.0 cm³/mol. The van der Waals surface area contributed by atoms with Gasteiger partial charge in [-0.25, -0.2) is 8.42 Å². The van der Waals surface area contributed by atoms with Gasteiger partial charge in [0.05, 0.1) is 10.8 Å². The van der Waals surface area contributed by atoms with Crippen molar-refractivity contribution in [3.8, 4) is 0 Å². The molecule has 1 unspecified atom stereocenters. The van der Waals surface area contributed by atoms with Crippen LogP contribution in [0.3, 0.4) is 0 Å². The molecule has 0 fully saturated rings. The number of sulfone groups is 1. The second kappa shape index (κ2) is 6.16. The van der Waals surface area contributed by atoms with E-state index in [1.54, 1.807) is 13.8 Å². The number of hydrogen-bond donors (Lipinski definition) is 1. The highest BCUT2D eigenvalue weighted by molar-refractivity contribution is 9.10. The molecule has 20 heavy (non-hydrogen) atoms. The average molecular weight is 362 g/mol. The molecule has 1 aromatic rings. The van der Waals surface area contributed by atoms with E-state index in [0.29, 0.717) is 0 Å². The fourth-order valence-corrected chi connectivity index (χ4v) is 3.36. The lowest BCUT2D eigenvalue weighted by Crippen LogP contribution is -2.45. The SMILES string of the molecule is CCNC(c1cc(C)c(Br)cc1C)C(C)(C)S(C)(=O)=O. The van der Waals surface area contributed by atoms with Crippen molar-refractivity contribution in [1.29, 1.82) is 0 Å². The van der Waals surface area contributed by atoms with Crippen LogP contribution in [0.1, 0.15) is 43.5 Å². The summed E-state index contributed by atoms with van der Waals surface area (Å²) < 4.78 is 24.5. The van der Waals surface area contributed by atoms with Crippen molar-refractivity contribution in [1.82, 2.24) is 5.32 Å². The van der Waals surface area contributed by atoms with Gasteiger partial charge in [-0.3, -0.25) is 0 Å². The van der Waals surface area contributed by atoms with Crippen molar-refractivity contribution in [2.45, 2.75) is 45.4 Å². The van der Waals surface area contributed by atoms with Crippen molar-refractivity contribution in [3.63, 3.8) is 0 Å². The zero-order valence-corrected chi connectivity index (χ0v) is 15.4. The van der Waals surface area contributed by atoms with Gasteiger partial charge in [-0.2, -0.15) is 0 Å². The molecular weight excluding hydrogens is 338 g/mol. The largest absolute Gasteiger partial charge is 0.309 e. The molecular formula is C15H24BrNO2S. The molecule has 1 rings (SSSR count). The molecule has 114 valence electrons. The van der Waals surface area contributed by atoms with Crippen LogP contribution in [0.2, 0.25) is 0 Å². The Balaban J connectivity index is 3.46. The van der Waals surface area contributed by atoms with Gasteiger partial charge in [-0.15, -0.1) is 0 Å². The van der Waals surface area contributed by atoms with Crippen LogP contribution in [-0.4, -0.2) is 26.0 Å². The summed E-state index contributed by atoms with van der Waals surface area (Å²) in [5.41, 5.74) is 3.24. The van der Waals surface area contributed by atoms with Crippen LogP contribution >= 0.6 is 15.9 Å². The third kappa shape index (κ3) is 3.43. The van der Waals surface area contributed by atoms with Crippen molar-refractivity contribution in [2.24, 2.45) is 0 Å². The third-order valence-corrected chi connectivity index (χ3v) is 6.92. The molecule has 0 bridgehead atoms. The smallest absolute Gasteiger partial charge is 0.154 e. The Bertz CT molecular complexity index is 594. The summed E-state index contributed by atoms with van der Waals surface area (Å²) in [4.78, 5) is 0. The first-order valence-electron chi connectivity index (χ1n) is 6.72. The summed E-state index contributed by atoms with van der Waals surface area (Å²) in [5.74, 6) is 0. The van der Waals surface area contributed by atoms with Gasteiger partial charge in [0.1, 0.15) is 0 Å². The minimum atomic E-state index is -3.19. The van der Waals surface area contributed by atoms with Crippen molar-refractivity contribution < 1.29 is 8.42 Å². The molecule has 0 saturated carbocycles. The van der Waals surface area contributed by atoms with Gasteiger partial charge in [0, 0.05) is 10.7 Å².